The van der Waals surface area contributed by atoms with Gasteiger partial charge in [0.1, 0.15) is 0 Å². The van der Waals surface area contributed by atoms with Crippen LogP contribution in [0.4, 0.5) is 0 Å². The smallest absolute Gasteiger partial charge is 0.236 e. The SMILES string of the molecule is CCC1CCCCN1C(=O)C(C)Sc1nnc(-c2cccs2)n1CCC(N)=O. The number of carbonyl (C=O) groups is 2. The molecule has 0 spiro atoms. The highest BCUT2D eigenvalue weighted by Crippen LogP contribution is 2.31. The van der Waals surface area contributed by atoms with E-state index in [1.807, 2.05) is 33.9 Å². The zero-order chi connectivity index (χ0) is 20.1. The Kier molecular flexibility index (Phi) is 7.12. The van der Waals surface area contributed by atoms with E-state index >= 15 is 0 Å². The summed E-state index contributed by atoms with van der Waals surface area (Å²) in [5.41, 5.74) is 5.35. The Bertz CT molecular complexity index is 805. The average molecular weight is 422 g/mol. The lowest BCUT2D eigenvalue weighted by Gasteiger charge is -2.36. The Balaban J connectivity index is 1.78. The predicted molar refractivity (Wildman–Crippen MR) is 112 cm³/mol. The second-order valence-electron chi connectivity index (χ2n) is 7.00. The molecule has 9 heteroatoms. The van der Waals surface area contributed by atoms with Crippen LogP contribution in [0.25, 0.3) is 10.7 Å². The van der Waals surface area contributed by atoms with Gasteiger partial charge in [-0.25, -0.2) is 0 Å². The van der Waals surface area contributed by atoms with Crippen molar-refractivity contribution in [1.29, 1.82) is 0 Å². The number of primary amides is 1. The van der Waals surface area contributed by atoms with Gasteiger partial charge in [0.2, 0.25) is 11.8 Å². The third kappa shape index (κ3) is 4.75. The van der Waals surface area contributed by atoms with Crippen LogP contribution in [-0.4, -0.2) is 49.3 Å². The van der Waals surface area contributed by atoms with Gasteiger partial charge in [0, 0.05) is 25.6 Å². The largest absolute Gasteiger partial charge is 0.370 e. The number of thioether (sulfide) groups is 1. The summed E-state index contributed by atoms with van der Waals surface area (Å²) in [6.07, 6.45) is 4.53. The second-order valence-corrected chi connectivity index (χ2v) is 9.26. The summed E-state index contributed by atoms with van der Waals surface area (Å²) < 4.78 is 1.90. The Morgan fingerprint density at radius 1 is 1.39 bits per heavy atom. The first-order valence-electron chi connectivity index (χ1n) is 9.73. The summed E-state index contributed by atoms with van der Waals surface area (Å²) in [5.74, 6) is 0.492. The molecule has 2 unspecified atom stereocenters. The zero-order valence-electron chi connectivity index (χ0n) is 16.3. The second kappa shape index (κ2) is 9.56. The van der Waals surface area contributed by atoms with Crippen LogP contribution in [-0.2, 0) is 16.1 Å². The third-order valence-electron chi connectivity index (χ3n) is 5.05. The lowest BCUT2D eigenvalue weighted by Crippen LogP contribution is -2.46. The minimum Gasteiger partial charge on any atom is -0.370 e. The zero-order valence-corrected chi connectivity index (χ0v) is 18.0. The molecule has 2 aromatic heterocycles. The first-order chi connectivity index (χ1) is 13.5. The number of thiophene rings is 1. The van der Waals surface area contributed by atoms with Crippen molar-refractivity contribution in [2.45, 2.75) is 68.9 Å². The number of likely N-dealkylation sites (tertiary alicyclic amines) is 1. The van der Waals surface area contributed by atoms with Crippen molar-refractivity contribution in [3.05, 3.63) is 17.5 Å². The van der Waals surface area contributed by atoms with Crippen molar-refractivity contribution in [2.75, 3.05) is 6.54 Å². The summed E-state index contributed by atoms with van der Waals surface area (Å²) >= 11 is 2.97. The molecule has 7 nitrogen and oxygen atoms in total. The maximum absolute atomic E-state index is 13.1. The van der Waals surface area contributed by atoms with Crippen molar-refractivity contribution in [3.63, 3.8) is 0 Å². The molecule has 2 N–H and O–H groups in total. The van der Waals surface area contributed by atoms with Gasteiger partial charge in [0.15, 0.2) is 11.0 Å². The lowest BCUT2D eigenvalue weighted by molar-refractivity contribution is -0.134. The van der Waals surface area contributed by atoms with Gasteiger partial charge in [-0.3, -0.25) is 9.59 Å². The monoisotopic (exact) mass is 421 g/mol. The van der Waals surface area contributed by atoms with E-state index in [0.717, 1.165) is 30.7 Å². The molecule has 1 fully saturated rings. The van der Waals surface area contributed by atoms with Crippen LogP contribution in [0, 0.1) is 0 Å². The number of carbonyl (C=O) groups excluding carboxylic acids is 2. The predicted octanol–water partition coefficient (Wildman–Crippen LogP) is 3.15. The molecule has 152 valence electrons. The van der Waals surface area contributed by atoms with Gasteiger partial charge in [-0.15, -0.1) is 21.5 Å². The van der Waals surface area contributed by atoms with Crippen molar-refractivity contribution < 1.29 is 9.59 Å². The number of nitrogens with zero attached hydrogens (tertiary/aromatic N) is 4. The minimum atomic E-state index is -0.370. The number of aromatic nitrogens is 3. The van der Waals surface area contributed by atoms with Crippen LogP contribution in [0.2, 0.25) is 0 Å². The van der Waals surface area contributed by atoms with E-state index in [1.165, 1.54) is 18.2 Å². The normalized spacial score (nSPS) is 18.2. The van der Waals surface area contributed by atoms with Crippen LogP contribution < -0.4 is 5.73 Å². The van der Waals surface area contributed by atoms with Gasteiger partial charge in [0.05, 0.1) is 10.1 Å². The summed E-state index contributed by atoms with van der Waals surface area (Å²) in [5, 5.41) is 11.0. The fraction of sp³-hybridized carbons (Fsp3) is 0.579. The topological polar surface area (TPSA) is 94.1 Å². The van der Waals surface area contributed by atoms with Gasteiger partial charge < -0.3 is 15.2 Å². The lowest BCUT2D eigenvalue weighted by atomic mass is 10.00. The molecule has 1 aliphatic heterocycles. The first-order valence-corrected chi connectivity index (χ1v) is 11.5. The van der Waals surface area contributed by atoms with Crippen molar-refractivity contribution in [3.8, 4) is 10.7 Å². The van der Waals surface area contributed by atoms with E-state index in [-0.39, 0.29) is 23.5 Å². The van der Waals surface area contributed by atoms with Gasteiger partial charge in [-0.05, 0) is 44.1 Å². The van der Waals surface area contributed by atoms with Gasteiger partial charge in [0.25, 0.3) is 0 Å². The standard InChI is InChI=1S/C19H27N5O2S2/c1-3-14-7-4-5-10-23(14)18(26)13(2)28-19-22-21-17(15-8-6-12-27-15)24(19)11-9-16(20)25/h6,8,12-14H,3-5,7,9-11H2,1-2H3,(H2,20,25). The number of amides is 2. The number of hydrogen-bond acceptors (Lipinski definition) is 6. The highest BCUT2D eigenvalue weighted by Gasteiger charge is 2.30. The first kappa shape index (κ1) is 20.9. The van der Waals surface area contributed by atoms with E-state index in [2.05, 4.69) is 17.1 Å². The highest BCUT2D eigenvalue weighted by molar-refractivity contribution is 8.00. The summed E-state index contributed by atoms with van der Waals surface area (Å²) in [6, 6.07) is 4.25. The average Bonchev–Trinajstić information content (AvgIpc) is 3.35. The quantitative estimate of drug-likeness (QED) is 0.661. The molecule has 2 amide bonds. The number of piperidine rings is 1. The van der Waals surface area contributed by atoms with Crippen LogP contribution in [0.5, 0.6) is 0 Å². The van der Waals surface area contributed by atoms with Gasteiger partial charge in [-0.1, -0.05) is 24.8 Å². The van der Waals surface area contributed by atoms with Crippen molar-refractivity contribution >= 4 is 34.9 Å². The van der Waals surface area contributed by atoms with E-state index in [9.17, 15) is 9.59 Å². The van der Waals surface area contributed by atoms with Crippen LogP contribution in [0.15, 0.2) is 22.7 Å². The fourth-order valence-corrected chi connectivity index (χ4v) is 5.21. The fourth-order valence-electron chi connectivity index (χ4n) is 3.54. The van der Waals surface area contributed by atoms with Crippen LogP contribution in [0.1, 0.15) is 46.0 Å². The molecule has 0 aromatic carbocycles. The van der Waals surface area contributed by atoms with Gasteiger partial charge in [-0.2, -0.15) is 0 Å². The van der Waals surface area contributed by atoms with Crippen LogP contribution >= 0.6 is 23.1 Å². The summed E-state index contributed by atoms with van der Waals surface area (Å²) in [4.78, 5) is 27.4. The highest BCUT2D eigenvalue weighted by atomic mass is 32.2. The molecule has 2 atom stereocenters. The molecule has 3 rings (SSSR count). The summed E-state index contributed by atoms with van der Waals surface area (Å²) in [6.45, 7) is 5.30. The molecule has 1 saturated heterocycles. The van der Waals surface area contributed by atoms with E-state index < -0.39 is 0 Å². The van der Waals surface area contributed by atoms with Crippen LogP contribution in [0.3, 0.4) is 0 Å². The molecular formula is C19H27N5O2S2. The Morgan fingerprint density at radius 2 is 2.21 bits per heavy atom. The summed E-state index contributed by atoms with van der Waals surface area (Å²) in [7, 11) is 0. The van der Waals surface area contributed by atoms with E-state index in [0.29, 0.717) is 23.6 Å². The Morgan fingerprint density at radius 3 is 2.89 bits per heavy atom. The van der Waals surface area contributed by atoms with Gasteiger partial charge >= 0.3 is 0 Å². The molecule has 3 heterocycles. The van der Waals surface area contributed by atoms with E-state index in [4.69, 9.17) is 5.73 Å². The Hall–Kier alpha value is -1.87. The van der Waals surface area contributed by atoms with Crippen molar-refractivity contribution in [2.24, 2.45) is 5.73 Å². The van der Waals surface area contributed by atoms with E-state index in [1.54, 1.807) is 11.3 Å². The molecule has 28 heavy (non-hydrogen) atoms. The Labute approximate surface area is 173 Å². The number of rotatable bonds is 8. The minimum absolute atomic E-state index is 0.152. The maximum Gasteiger partial charge on any atom is 0.236 e. The molecule has 0 aliphatic carbocycles. The molecule has 2 aromatic rings. The molecule has 0 bridgehead atoms. The molecule has 0 radical (unpaired) electrons. The van der Waals surface area contributed by atoms with Crippen molar-refractivity contribution in [1.82, 2.24) is 19.7 Å². The molecule has 0 saturated carbocycles. The molecule has 1 aliphatic rings. The molecular weight excluding hydrogens is 394 g/mol. The number of nitrogens with two attached hydrogens (primary N) is 1. The maximum atomic E-state index is 13.1. The third-order valence-corrected chi connectivity index (χ3v) is 6.99. The number of hydrogen-bond donors (Lipinski definition) is 1.